The summed E-state index contributed by atoms with van der Waals surface area (Å²) in [7, 11) is 0. The molecule has 0 unspecified atom stereocenters. The van der Waals surface area contributed by atoms with Gasteiger partial charge in [-0.2, -0.15) is 13.2 Å². The van der Waals surface area contributed by atoms with Crippen LogP contribution >= 0.6 is 27.5 Å². The van der Waals surface area contributed by atoms with E-state index >= 15 is 0 Å². The Balaban J connectivity index is 2.17. The van der Waals surface area contributed by atoms with Crippen molar-refractivity contribution >= 4 is 39.3 Å². The molecule has 0 fully saturated rings. The van der Waals surface area contributed by atoms with Crippen molar-refractivity contribution in [1.82, 2.24) is 0 Å². The van der Waals surface area contributed by atoms with Crippen LogP contribution < -0.4 is 0 Å². The minimum absolute atomic E-state index is 0.0307. The Labute approximate surface area is 160 Å². The molecule has 0 amide bonds. The molecule has 0 aliphatic rings. The fourth-order valence-electron chi connectivity index (χ4n) is 1.89. The highest BCUT2D eigenvalue weighted by Gasteiger charge is 2.40. The van der Waals surface area contributed by atoms with Gasteiger partial charge >= 0.3 is 12.1 Å². The average Bonchev–Trinajstić information content (AvgIpc) is 2.58. The Hall–Kier alpha value is -2.12. The van der Waals surface area contributed by atoms with Crippen LogP contribution in [0.15, 0.2) is 64.7 Å². The number of ketones is 1. The number of benzene rings is 2. The molecule has 2 aromatic rings. The quantitative estimate of drug-likeness (QED) is 0.344. The molecular formula is C18H11BrClF3O3. The molecule has 26 heavy (non-hydrogen) atoms. The molecule has 136 valence electrons. The summed E-state index contributed by atoms with van der Waals surface area (Å²) in [5.74, 6) is -2.60. The van der Waals surface area contributed by atoms with Gasteiger partial charge in [0.1, 0.15) is 12.2 Å². The van der Waals surface area contributed by atoms with Gasteiger partial charge in [0.25, 0.3) is 0 Å². The molecule has 0 spiro atoms. The largest absolute Gasteiger partial charge is 0.457 e. The van der Waals surface area contributed by atoms with E-state index in [4.69, 9.17) is 16.3 Å². The second kappa shape index (κ2) is 8.51. The highest BCUT2D eigenvalue weighted by atomic mass is 79.9. The van der Waals surface area contributed by atoms with Crippen LogP contribution in [0.2, 0.25) is 5.02 Å². The highest BCUT2D eigenvalue weighted by molar-refractivity contribution is 9.10. The van der Waals surface area contributed by atoms with Gasteiger partial charge in [-0.25, -0.2) is 4.79 Å². The van der Waals surface area contributed by atoms with Crippen molar-refractivity contribution in [3.63, 3.8) is 0 Å². The summed E-state index contributed by atoms with van der Waals surface area (Å²) in [6.45, 7) is -0.353. The van der Waals surface area contributed by atoms with Crippen LogP contribution in [0.1, 0.15) is 15.9 Å². The minimum atomic E-state index is -5.03. The SMILES string of the molecule is O=C(OCc1ccc(Br)cc1)/C(=C/C(=O)c1ccc(Cl)cc1)C(F)(F)F. The third kappa shape index (κ3) is 5.71. The van der Waals surface area contributed by atoms with Crippen LogP contribution in [0.3, 0.4) is 0 Å². The lowest BCUT2D eigenvalue weighted by molar-refractivity contribution is -0.151. The van der Waals surface area contributed by atoms with Crippen LogP contribution in [0.5, 0.6) is 0 Å². The number of allylic oxidation sites excluding steroid dienone is 1. The number of hydrogen-bond acceptors (Lipinski definition) is 3. The molecular weight excluding hydrogens is 437 g/mol. The number of esters is 1. The summed E-state index contributed by atoms with van der Waals surface area (Å²) in [5, 5.41) is 0.329. The predicted molar refractivity (Wildman–Crippen MR) is 93.9 cm³/mol. The van der Waals surface area contributed by atoms with Crippen molar-refractivity contribution in [2.45, 2.75) is 12.8 Å². The number of carbonyl (C=O) groups is 2. The average molecular weight is 448 g/mol. The topological polar surface area (TPSA) is 43.4 Å². The molecule has 3 nitrogen and oxygen atoms in total. The monoisotopic (exact) mass is 446 g/mol. The van der Waals surface area contributed by atoms with E-state index in [1.54, 1.807) is 24.3 Å². The zero-order chi connectivity index (χ0) is 19.3. The maximum atomic E-state index is 13.1. The molecule has 0 saturated carbocycles. The number of rotatable bonds is 5. The van der Waals surface area contributed by atoms with Gasteiger partial charge in [-0.3, -0.25) is 4.79 Å². The van der Waals surface area contributed by atoms with Crippen LogP contribution in [-0.4, -0.2) is 17.9 Å². The summed E-state index contributed by atoms with van der Waals surface area (Å²) in [4.78, 5) is 23.9. The summed E-state index contributed by atoms with van der Waals surface area (Å²) in [6.07, 6.45) is -4.80. The van der Waals surface area contributed by atoms with Gasteiger partial charge in [0.05, 0.1) is 0 Å². The molecule has 0 aliphatic heterocycles. The van der Waals surface area contributed by atoms with Gasteiger partial charge in [-0.15, -0.1) is 0 Å². The third-order valence-corrected chi connectivity index (χ3v) is 3.99. The minimum Gasteiger partial charge on any atom is -0.457 e. The lowest BCUT2D eigenvalue weighted by Crippen LogP contribution is -2.23. The number of carbonyl (C=O) groups excluding carboxylic acids is 2. The van der Waals surface area contributed by atoms with Crippen molar-refractivity contribution in [3.05, 3.63) is 80.8 Å². The Morgan fingerprint density at radius 1 is 1.04 bits per heavy atom. The molecule has 0 aliphatic carbocycles. The molecule has 0 N–H and O–H groups in total. The van der Waals surface area contributed by atoms with Crippen LogP contribution in [-0.2, 0) is 16.1 Å². The van der Waals surface area contributed by atoms with Crippen LogP contribution in [0.4, 0.5) is 13.2 Å². The van der Waals surface area contributed by atoms with Crippen molar-refractivity contribution in [2.75, 3.05) is 0 Å². The van der Waals surface area contributed by atoms with Gasteiger partial charge < -0.3 is 4.74 Å². The van der Waals surface area contributed by atoms with E-state index in [9.17, 15) is 22.8 Å². The fourth-order valence-corrected chi connectivity index (χ4v) is 2.28. The number of hydrogen-bond donors (Lipinski definition) is 0. The zero-order valence-corrected chi connectivity index (χ0v) is 15.4. The maximum Gasteiger partial charge on any atom is 0.423 e. The smallest absolute Gasteiger partial charge is 0.423 e. The lowest BCUT2D eigenvalue weighted by Gasteiger charge is -2.11. The van der Waals surface area contributed by atoms with Crippen LogP contribution in [0, 0.1) is 0 Å². The van der Waals surface area contributed by atoms with E-state index in [1.165, 1.54) is 24.3 Å². The van der Waals surface area contributed by atoms with Crippen LogP contribution in [0.25, 0.3) is 0 Å². The maximum absolute atomic E-state index is 13.1. The van der Waals surface area contributed by atoms with Crippen molar-refractivity contribution in [3.8, 4) is 0 Å². The Bertz CT molecular complexity index is 828. The highest BCUT2D eigenvalue weighted by Crippen LogP contribution is 2.27. The lowest BCUT2D eigenvalue weighted by atomic mass is 10.1. The molecule has 0 saturated heterocycles. The molecule has 0 aromatic heterocycles. The predicted octanol–water partition coefficient (Wildman–Crippen LogP) is 5.52. The van der Waals surface area contributed by atoms with Crippen molar-refractivity contribution < 1.29 is 27.5 Å². The van der Waals surface area contributed by atoms with Crippen molar-refractivity contribution in [1.29, 1.82) is 0 Å². The Kier molecular flexibility index (Phi) is 6.61. The second-order valence-corrected chi connectivity index (χ2v) is 6.48. The van der Waals surface area contributed by atoms with Gasteiger partial charge in [0, 0.05) is 21.1 Å². The number of halogens is 5. The summed E-state index contributed by atoms with van der Waals surface area (Å²) in [6, 6.07) is 11.8. The zero-order valence-electron chi connectivity index (χ0n) is 13.0. The fraction of sp³-hybridized carbons (Fsp3) is 0.111. The first-order chi connectivity index (χ1) is 12.2. The molecule has 2 rings (SSSR count). The van der Waals surface area contributed by atoms with Gasteiger partial charge in [-0.1, -0.05) is 39.7 Å². The standard InChI is InChI=1S/C18H11BrClF3O3/c19-13-5-1-11(2-6-13)10-26-17(25)15(18(21,22)23)9-16(24)12-3-7-14(20)8-4-12/h1-9H,10H2/b15-9-. The first-order valence-electron chi connectivity index (χ1n) is 7.17. The van der Waals surface area contributed by atoms with Gasteiger partial charge in [-0.05, 0) is 42.0 Å². The summed E-state index contributed by atoms with van der Waals surface area (Å²) < 4.78 is 44.9. The Morgan fingerprint density at radius 3 is 2.15 bits per heavy atom. The summed E-state index contributed by atoms with van der Waals surface area (Å²) in [5.41, 5.74) is -1.20. The molecule has 0 radical (unpaired) electrons. The molecule has 8 heteroatoms. The first-order valence-corrected chi connectivity index (χ1v) is 8.34. The number of ether oxygens (including phenoxy) is 1. The third-order valence-electron chi connectivity index (χ3n) is 3.21. The summed E-state index contributed by atoms with van der Waals surface area (Å²) >= 11 is 8.89. The molecule has 0 heterocycles. The molecule has 0 atom stereocenters. The van der Waals surface area contributed by atoms with E-state index < -0.39 is 23.5 Å². The van der Waals surface area contributed by atoms with Gasteiger partial charge in [0.2, 0.25) is 0 Å². The number of alkyl halides is 3. The normalized spacial score (nSPS) is 12.0. The first kappa shape index (κ1) is 20.2. The van der Waals surface area contributed by atoms with E-state index in [0.29, 0.717) is 10.6 Å². The van der Waals surface area contributed by atoms with Crippen molar-refractivity contribution in [2.24, 2.45) is 0 Å². The molecule has 0 bridgehead atoms. The second-order valence-electron chi connectivity index (χ2n) is 5.13. The molecule has 2 aromatic carbocycles. The van der Waals surface area contributed by atoms with E-state index in [2.05, 4.69) is 15.9 Å². The van der Waals surface area contributed by atoms with E-state index in [0.717, 1.165) is 4.47 Å². The Morgan fingerprint density at radius 2 is 1.62 bits per heavy atom. The van der Waals surface area contributed by atoms with Gasteiger partial charge in [0.15, 0.2) is 5.78 Å². The van der Waals surface area contributed by atoms with E-state index in [1.807, 2.05) is 0 Å². The van der Waals surface area contributed by atoms with E-state index in [-0.39, 0.29) is 18.2 Å².